The zero-order valence-electron chi connectivity index (χ0n) is 9.75. The van der Waals surface area contributed by atoms with Crippen molar-refractivity contribution in [3.63, 3.8) is 0 Å². The summed E-state index contributed by atoms with van der Waals surface area (Å²) in [5.41, 5.74) is -0.0648. The second-order valence-electron chi connectivity index (χ2n) is 4.47. The Hall–Kier alpha value is -0.0800. The molecule has 1 fully saturated rings. The summed E-state index contributed by atoms with van der Waals surface area (Å²) in [6.07, 6.45) is 6.60. The number of hydrogen-bond acceptors (Lipinski definition) is 2. The topological polar surface area (TPSA) is 29.5 Å². The molecule has 0 unspecified atom stereocenters. The van der Waals surface area contributed by atoms with Crippen molar-refractivity contribution in [2.24, 2.45) is 5.92 Å². The SMILES string of the molecule is CCC(CC)(O[C@@H](C)O)C1CCCC1. The van der Waals surface area contributed by atoms with Crippen molar-refractivity contribution < 1.29 is 9.84 Å². The first-order valence-electron chi connectivity index (χ1n) is 6.00. The van der Waals surface area contributed by atoms with E-state index in [-0.39, 0.29) is 5.60 Å². The van der Waals surface area contributed by atoms with Gasteiger partial charge in [0.1, 0.15) is 0 Å². The lowest BCUT2D eigenvalue weighted by Gasteiger charge is -2.38. The van der Waals surface area contributed by atoms with Gasteiger partial charge in [0.15, 0.2) is 6.29 Å². The molecule has 1 atom stereocenters. The Balaban J connectivity index is 2.67. The highest BCUT2D eigenvalue weighted by molar-refractivity contribution is 4.89. The predicted molar refractivity (Wildman–Crippen MR) is 58.0 cm³/mol. The molecule has 0 aliphatic heterocycles. The fraction of sp³-hybridized carbons (Fsp3) is 1.00. The van der Waals surface area contributed by atoms with Gasteiger partial charge in [-0.05, 0) is 38.5 Å². The number of ether oxygens (including phenoxy) is 1. The van der Waals surface area contributed by atoms with Crippen LogP contribution in [-0.4, -0.2) is 17.0 Å². The summed E-state index contributed by atoms with van der Waals surface area (Å²) >= 11 is 0. The minimum absolute atomic E-state index is 0.0648. The highest BCUT2D eigenvalue weighted by Gasteiger charge is 2.39. The average molecular weight is 200 g/mol. The van der Waals surface area contributed by atoms with Crippen LogP contribution in [0.5, 0.6) is 0 Å². The molecule has 84 valence electrons. The summed E-state index contributed by atoms with van der Waals surface area (Å²) < 4.78 is 5.78. The Labute approximate surface area is 87.7 Å². The molecule has 1 rings (SSSR count). The molecule has 0 amide bonds. The molecule has 0 bridgehead atoms. The molecule has 0 heterocycles. The van der Waals surface area contributed by atoms with Crippen LogP contribution in [0.3, 0.4) is 0 Å². The maximum absolute atomic E-state index is 9.39. The zero-order valence-corrected chi connectivity index (χ0v) is 9.75. The van der Waals surface area contributed by atoms with Crippen molar-refractivity contribution in [1.29, 1.82) is 0 Å². The molecular formula is C12H24O2. The van der Waals surface area contributed by atoms with Crippen molar-refractivity contribution in [1.82, 2.24) is 0 Å². The first-order chi connectivity index (χ1) is 6.64. The summed E-state index contributed by atoms with van der Waals surface area (Å²) in [4.78, 5) is 0. The lowest BCUT2D eigenvalue weighted by atomic mass is 9.81. The van der Waals surface area contributed by atoms with E-state index < -0.39 is 6.29 Å². The molecule has 0 aromatic carbocycles. The van der Waals surface area contributed by atoms with E-state index in [1.807, 2.05) is 0 Å². The molecule has 0 spiro atoms. The highest BCUT2D eigenvalue weighted by Crippen LogP contribution is 2.41. The van der Waals surface area contributed by atoms with Gasteiger partial charge in [0.2, 0.25) is 0 Å². The molecule has 2 heteroatoms. The molecule has 0 aromatic heterocycles. The third kappa shape index (κ3) is 2.48. The third-order valence-electron chi connectivity index (χ3n) is 3.70. The van der Waals surface area contributed by atoms with Gasteiger partial charge in [0.05, 0.1) is 5.60 Å². The van der Waals surface area contributed by atoms with Gasteiger partial charge in [0.25, 0.3) is 0 Å². The van der Waals surface area contributed by atoms with Crippen molar-refractivity contribution in [2.45, 2.75) is 71.2 Å². The van der Waals surface area contributed by atoms with E-state index in [0.29, 0.717) is 5.92 Å². The standard InChI is InChI=1S/C12H24O2/c1-4-12(5-2,14-10(3)13)11-8-6-7-9-11/h10-11,13H,4-9H2,1-3H3/t10-/m0/s1. The summed E-state index contributed by atoms with van der Waals surface area (Å²) in [6, 6.07) is 0. The van der Waals surface area contributed by atoms with Crippen LogP contribution in [0.2, 0.25) is 0 Å². The molecule has 0 saturated heterocycles. The van der Waals surface area contributed by atoms with Gasteiger partial charge in [-0.15, -0.1) is 0 Å². The molecular weight excluding hydrogens is 176 g/mol. The number of aliphatic hydroxyl groups is 1. The zero-order chi connectivity index (χ0) is 10.6. The fourth-order valence-corrected chi connectivity index (χ4v) is 2.88. The van der Waals surface area contributed by atoms with E-state index in [1.54, 1.807) is 6.92 Å². The van der Waals surface area contributed by atoms with Gasteiger partial charge in [-0.1, -0.05) is 26.7 Å². The van der Waals surface area contributed by atoms with Gasteiger partial charge < -0.3 is 9.84 Å². The van der Waals surface area contributed by atoms with E-state index in [9.17, 15) is 5.11 Å². The van der Waals surface area contributed by atoms with E-state index >= 15 is 0 Å². The summed E-state index contributed by atoms with van der Waals surface area (Å²) in [5.74, 6) is 0.659. The van der Waals surface area contributed by atoms with E-state index in [4.69, 9.17) is 4.74 Å². The summed E-state index contributed by atoms with van der Waals surface area (Å²) in [7, 11) is 0. The Morgan fingerprint density at radius 1 is 1.29 bits per heavy atom. The van der Waals surface area contributed by atoms with E-state index in [0.717, 1.165) is 12.8 Å². The molecule has 1 aliphatic carbocycles. The van der Waals surface area contributed by atoms with Gasteiger partial charge in [-0.3, -0.25) is 0 Å². The van der Waals surface area contributed by atoms with Crippen LogP contribution >= 0.6 is 0 Å². The first kappa shape index (κ1) is 12.0. The molecule has 0 aromatic rings. The van der Waals surface area contributed by atoms with Crippen LogP contribution in [0.15, 0.2) is 0 Å². The second-order valence-corrected chi connectivity index (χ2v) is 4.47. The minimum atomic E-state index is -0.629. The van der Waals surface area contributed by atoms with Crippen LogP contribution < -0.4 is 0 Å². The molecule has 1 aliphatic rings. The van der Waals surface area contributed by atoms with Crippen LogP contribution in [0, 0.1) is 5.92 Å². The lowest BCUT2D eigenvalue weighted by molar-refractivity contribution is -0.200. The molecule has 0 radical (unpaired) electrons. The van der Waals surface area contributed by atoms with Crippen LogP contribution in [0.4, 0.5) is 0 Å². The van der Waals surface area contributed by atoms with Gasteiger partial charge >= 0.3 is 0 Å². The lowest BCUT2D eigenvalue weighted by Crippen LogP contribution is -2.41. The van der Waals surface area contributed by atoms with Crippen molar-refractivity contribution in [3.8, 4) is 0 Å². The third-order valence-corrected chi connectivity index (χ3v) is 3.70. The normalized spacial score (nSPS) is 21.4. The number of aliphatic hydroxyl groups excluding tert-OH is 1. The molecule has 1 saturated carbocycles. The minimum Gasteiger partial charge on any atom is -0.368 e. The highest BCUT2D eigenvalue weighted by atomic mass is 16.6. The summed E-state index contributed by atoms with van der Waals surface area (Å²) in [6.45, 7) is 6.06. The Morgan fingerprint density at radius 3 is 2.14 bits per heavy atom. The van der Waals surface area contributed by atoms with Gasteiger partial charge in [0, 0.05) is 0 Å². The largest absolute Gasteiger partial charge is 0.368 e. The number of hydrogen-bond donors (Lipinski definition) is 1. The second kappa shape index (κ2) is 5.13. The van der Waals surface area contributed by atoms with Crippen molar-refractivity contribution in [3.05, 3.63) is 0 Å². The van der Waals surface area contributed by atoms with Crippen molar-refractivity contribution in [2.75, 3.05) is 0 Å². The monoisotopic (exact) mass is 200 g/mol. The Bertz CT molecular complexity index is 156. The quantitative estimate of drug-likeness (QED) is 0.691. The van der Waals surface area contributed by atoms with Crippen LogP contribution in [0.1, 0.15) is 59.3 Å². The Kier molecular flexibility index (Phi) is 4.39. The van der Waals surface area contributed by atoms with Gasteiger partial charge in [-0.25, -0.2) is 0 Å². The molecule has 1 N–H and O–H groups in total. The predicted octanol–water partition coefficient (Wildman–Crippen LogP) is 3.09. The van der Waals surface area contributed by atoms with Crippen LogP contribution in [-0.2, 0) is 4.74 Å². The van der Waals surface area contributed by atoms with E-state index in [1.165, 1.54) is 25.7 Å². The van der Waals surface area contributed by atoms with Gasteiger partial charge in [-0.2, -0.15) is 0 Å². The average Bonchev–Trinajstić information content (AvgIpc) is 2.67. The van der Waals surface area contributed by atoms with E-state index in [2.05, 4.69) is 13.8 Å². The molecule has 2 nitrogen and oxygen atoms in total. The van der Waals surface area contributed by atoms with Crippen molar-refractivity contribution >= 4 is 0 Å². The first-order valence-corrected chi connectivity index (χ1v) is 6.00. The fourth-order valence-electron chi connectivity index (χ4n) is 2.88. The smallest absolute Gasteiger partial charge is 0.152 e. The maximum Gasteiger partial charge on any atom is 0.152 e. The summed E-state index contributed by atoms with van der Waals surface area (Å²) in [5, 5.41) is 9.39. The van der Waals surface area contributed by atoms with Crippen LogP contribution in [0.25, 0.3) is 0 Å². The number of rotatable bonds is 5. The maximum atomic E-state index is 9.39. The Morgan fingerprint density at radius 2 is 1.79 bits per heavy atom. The molecule has 14 heavy (non-hydrogen) atoms.